The van der Waals surface area contributed by atoms with Crippen LogP contribution in [0.4, 0.5) is 34.1 Å². The highest BCUT2D eigenvalue weighted by Crippen LogP contribution is 2.61. The molecular weight excluding hydrogens is 953 g/mol. The number of fused-ring (bicyclic) bond motifs is 8. The van der Waals surface area contributed by atoms with E-state index in [0.717, 1.165) is 34.1 Å². The van der Waals surface area contributed by atoms with Gasteiger partial charge in [0.05, 0.1) is 5.41 Å². The summed E-state index contributed by atoms with van der Waals surface area (Å²) >= 11 is 0. The van der Waals surface area contributed by atoms with Gasteiger partial charge in [-0.05, 0) is 172 Å². The van der Waals surface area contributed by atoms with Crippen LogP contribution >= 0.6 is 0 Å². The molecule has 0 spiro atoms. The van der Waals surface area contributed by atoms with Crippen LogP contribution in [-0.2, 0) is 16.2 Å². The monoisotopic (exact) mass is 1020 g/mol. The van der Waals surface area contributed by atoms with Crippen LogP contribution in [0.25, 0.3) is 54.9 Å². The summed E-state index contributed by atoms with van der Waals surface area (Å²) in [5.41, 5.74) is 20.8. The lowest BCUT2D eigenvalue weighted by atomic mass is 9.66. The summed E-state index contributed by atoms with van der Waals surface area (Å²) in [6, 6.07) is 104. The van der Waals surface area contributed by atoms with Crippen LogP contribution in [0.3, 0.4) is 0 Å². The molecule has 0 fully saturated rings. The van der Waals surface area contributed by atoms with Crippen LogP contribution in [0.5, 0.6) is 0 Å². The van der Waals surface area contributed by atoms with Crippen LogP contribution in [0.2, 0.25) is 0 Å². The second kappa shape index (κ2) is 19.6. The largest absolute Gasteiger partial charge is 0.310 e. The van der Waals surface area contributed by atoms with Crippen LogP contribution < -0.4 is 9.80 Å². The average molecular weight is 1020 g/mol. The summed E-state index contributed by atoms with van der Waals surface area (Å²) < 4.78 is 0. The first-order chi connectivity index (χ1) is 38.4. The highest BCUT2D eigenvalue weighted by atomic mass is 15.1. The zero-order chi connectivity index (χ0) is 53.9. The minimum absolute atomic E-state index is 0.0106. The van der Waals surface area contributed by atoms with Crippen molar-refractivity contribution < 1.29 is 0 Å². The molecule has 1 aliphatic carbocycles. The Bertz CT molecular complexity index is 4130. The van der Waals surface area contributed by atoms with Gasteiger partial charge in [0.1, 0.15) is 0 Å². The first-order valence-electron chi connectivity index (χ1n) is 27.8. The summed E-state index contributed by atoms with van der Waals surface area (Å²) in [5.74, 6) is 0. The number of nitrogens with zero attached hydrogens (tertiary/aromatic N) is 2. The Hall–Kier alpha value is -9.24. The van der Waals surface area contributed by atoms with Crippen LogP contribution in [0.15, 0.2) is 279 Å². The lowest BCUT2D eigenvalue weighted by molar-refractivity contribution is 0.590. The molecule has 0 aliphatic heterocycles. The molecule has 79 heavy (non-hydrogen) atoms. The van der Waals surface area contributed by atoms with Gasteiger partial charge in [-0.25, -0.2) is 0 Å². The number of hydrogen-bond acceptors (Lipinski definition) is 2. The molecule has 0 aromatic heterocycles. The average Bonchev–Trinajstić information content (AvgIpc) is 3.66. The van der Waals surface area contributed by atoms with Crippen molar-refractivity contribution in [1.82, 2.24) is 0 Å². The van der Waals surface area contributed by atoms with Crippen LogP contribution in [-0.4, -0.2) is 0 Å². The minimum Gasteiger partial charge on any atom is -0.310 e. The second-order valence-electron chi connectivity index (χ2n) is 23.3. The Morgan fingerprint density at radius 1 is 0.278 bits per heavy atom. The maximum absolute atomic E-state index is 2.51. The fraction of sp³-hybridized carbons (Fsp3) is 0.117. The quantitative estimate of drug-likeness (QED) is 0.126. The molecule has 0 unspecified atom stereocenters. The van der Waals surface area contributed by atoms with Gasteiger partial charge in [-0.2, -0.15) is 0 Å². The van der Waals surface area contributed by atoms with Crippen molar-refractivity contribution >= 4 is 55.7 Å². The van der Waals surface area contributed by atoms with Crippen molar-refractivity contribution in [2.24, 2.45) is 0 Å². The van der Waals surface area contributed by atoms with Gasteiger partial charge < -0.3 is 9.80 Å². The molecule has 382 valence electrons. The Morgan fingerprint density at radius 3 is 1.15 bits per heavy atom. The predicted octanol–water partition coefficient (Wildman–Crippen LogP) is 21.2. The Kier molecular flexibility index (Phi) is 12.3. The second-order valence-corrected chi connectivity index (χ2v) is 23.3. The van der Waals surface area contributed by atoms with Crippen molar-refractivity contribution in [2.75, 3.05) is 9.80 Å². The van der Waals surface area contributed by atoms with Crippen LogP contribution in [0.1, 0.15) is 74.9 Å². The number of benzene rings is 12. The molecule has 0 heterocycles. The molecule has 0 amide bonds. The van der Waals surface area contributed by atoms with Gasteiger partial charge in [-0.1, -0.05) is 248 Å². The fourth-order valence-electron chi connectivity index (χ4n) is 12.5. The zero-order valence-electron chi connectivity index (χ0n) is 46.0. The summed E-state index contributed by atoms with van der Waals surface area (Å²) in [5, 5.41) is 4.91. The molecule has 0 radical (unpaired) electrons. The van der Waals surface area contributed by atoms with E-state index in [1.807, 2.05) is 0 Å². The molecule has 0 atom stereocenters. The van der Waals surface area contributed by atoms with Crippen molar-refractivity contribution in [3.8, 4) is 33.4 Å². The Labute approximate surface area is 466 Å². The van der Waals surface area contributed by atoms with E-state index in [2.05, 4.69) is 330 Å². The molecule has 1 aliphatic rings. The zero-order valence-corrected chi connectivity index (χ0v) is 46.0. The van der Waals surface area contributed by atoms with E-state index in [-0.39, 0.29) is 10.8 Å². The summed E-state index contributed by atoms with van der Waals surface area (Å²) in [6.45, 7) is 13.7. The first kappa shape index (κ1) is 49.3. The molecule has 2 nitrogen and oxygen atoms in total. The van der Waals surface area contributed by atoms with Crippen LogP contribution in [0, 0.1) is 0 Å². The third-order valence-electron chi connectivity index (χ3n) is 16.4. The molecule has 13 rings (SSSR count). The van der Waals surface area contributed by atoms with E-state index in [0.29, 0.717) is 0 Å². The van der Waals surface area contributed by atoms with Crippen molar-refractivity contribution in [2.45, 2.75) is 57.8 Å². The highest BCUT2D eigenvalue weighted by molar-refractivity contribution is 6.20. The van der Waals surface area contributed by atoms with Crippen molar-refractivity contribution in [3.63, 3.8) is 0 Å². The molecule has 12 aromatic carbocycles. The van der Waals surface area contributed by atoms with Gasteiger partial charge in [-0.15, -0.1) is 0 Å². The maximum atomic E-state index is 2.51. The smallest absolute Gasteiger partial charge is 0.0720 e. The van der Waals surface area contributed by atoms with Gasteiger partial charge >= 0.3 is 0 Å². The summed E-state index contributed by atoms with van der Waals surface area (Å²) in [4.78, 5) is 4.90. The minimum atomic E-state index is -0.715. The molecule has 0 bridgehead atoms. The third-order valence-corrected chi connectivity index (χ3v) is 16.4. The van der Waals surface area contributed by atoms with E-state index in [4.69, 9.17) is 0 Å². The van der Waals surface area contributed by atoms with E-state index in [1.54, 1.807) is 0 Å². The van der Waals surface area contributed by atoms with Gasteiger partial charge in [0.15, 0.2) is 0 Å². The normalized spacial score (nSPS) is 12.8. The van der Waals surface area contributed by atoms with E-state index < -0.39 is 5.41 Å². The predicted molar refractivity (Wildman–Crippen MR) is 336 cm³/mol. The lowest BCUT2D eigenvalue weighted by Crippen LogP contribution is -2.29. The van der Waals surface area contributed by atoms with Crippen molar-refractivity contribution in [3.05, 3.63) is 312 Å². The summed E-state index contributed by atoms with van der Waals surface area (Å²) in [7, 11) is 0. The molecule has 0 saturated carbocycles. The van der Waals surface area contributed by atoms with Gasteiger partial charge in [0, 0.05) is 34.1 Å². The molecule has 12 aromatic rings. The number of rotatable bonds is 10. The van der Waals surface area contributed by atoms with Crippen molar-refractivity contribution in [1.29, 1.82) is 0 Å². The number of hydrogen-bond donors (Lipinski definition) is 0. The first-order valence-corrected chi connectivity index (χ1v) is 27.8. The molecular formula is C77H64N2. The number of anilines is 6. The van der Waals surface area contributed by atoms with Gasteiger partial charge in [-0.3, -0.25) is 0 Å². The fourth-order valence-corrected chi connectivity index (χ4v) is 12.5. The maximum Gasteiger partial charge on any atom is 0.0720 e. The van der Waals surface area contributed by atoms with Gasteiger partial charge in [0.25, 0.3) is 0 Å². The molecule has 0 saturated heterocycles. The van der Waals surface area contributed by atoms with E-state index in [9.17, 15) is 0 Å². The Morgan fingerprint density at radius 2 is 0.671 bits per heavy atom. The molecule has 0 N–H and O–H groups in total. The van der Waals surface area contributed by atoms with E-state index >= 15 is 0 Å². The SMILES string of the molecule is CC(C)(C)c1ccc(N(c2cccc(-c3ccccc3)c2)c2ccc3c(c2)C(c2ccccc2)(c2ccccc2)c2c-3c3ccccc3c3cc(N(c4ccc(C(C)(C)C)cc4)c4cccc(-c5ccccc5)c4)ccc23)cc1. The van der Waals surface area contributed by atoms with Gasteiger partial charge in [0.2, 0.25) is 0 Å². The third kappa shape index (κ3) is 8.69. The lowest BCUT2D eigenvalue weighted by Gasteiger charge is -2.36. The molecule has 2 heteroatoms. The summed E-state index contributed by atoms with van der Waals surface area (Å²) in [6.07, 6.45) is 0. The van der Waals surface area contributed by atoms with E-state index in [1.165, 1.54) is 88.3 Å². The Balaban J connectivity index is 1.08. The topological polar surface area (TPSA) is 6.48 Å². The highest BCUT2D eigenvalue weighted by Gasteiger charge is 2.48. The standard InChI is InChI=1S/C77H64N2/c1-75(2,3)57-37-41-61(42-38-57)78(63-33-21-27-55(49-63)53-23-11-7-12-24-53)65-45-47-69-71(51-65)67-35-19-20-36-68(67)73-70-48-46-66(52-72(70)77(74(69)73,59-29-15-9-16-30-59)60-31-17-10-18-32-60)79(62-43-39-58(40-44-62)76(4,5)6)64-34-22-28-56(50-64)54-25-13-8-14-26-54/h7-52H,1-6H3.